The molecule has 0 spiro atoms. The molecule has 0 unspecified atom stereocenters. The van der Waals surface area contributed by atoms with Crippen LogP contribution >= 0.6 is 0 Å². The van der Waals surface area contributed by atoms with Crippen LogP contribution in [0.25, 0.3) is 0 Å². The van der Waals surface area contributed by atoms with Gasteiger partial charge in [-0.2, -0.15) is 26.3 Å². The summed E-state index contributed by atoms with van der Waals surface area (Å²) < 4.78 is 95.0. The van der Waals surface area contributed by atoms with Gasteiger partial charge < -0.3 is 14.7 Å². The minimum atomic E-state index is -5.08. The SMILES string of the molecule is CC(=O)N1CCC(C(=O)N2CC[C@@H](N(C)C(=O)N(C)c3cc(C(F)(F)F)cc(C(F)(F)F)c3)[C@H](c3ccc(F)cc3C)C2)CC1. The zero-order valence-electron chi connectivity index (χ0n) is 25.3. The number of amides is 4. The van der Waals surface area contributed by atoms with Gasteiger partial charge in [-0.3, -0.25) is 14.5 Å². The van der Waals surface area contributed by atoms with Crippen LogP contribution in [0.1, 0.15) is 54.4 Å². The van der Waals surface area contributed by atoms with E-state index in [2.05, 4.69) is 0 Å². The maximum absolute atomic E-state index is 14.0. The summed E-state index contributed by atoms with van der Waals surface area (Å²) in [5.74, 6) is -1.48. The van der Waals surface area contributed by atoms with Crippen molar-refractivity contribution in [2.45, 2.75) is 57.4 Å². The first-order valence-electron chi connectivity index (χ1n) is 14.5. The fraction of sp³-hybridized carbons (Fsp3) is 0.516. The van der Waals surface area contributed by atoms with Gasteiger partial charge in [0, 0.05) is 70.8 Å². The predicted molar refractivity (Wildman–Crippen MR) is 152 cm³/mol. The third-order valence-corrected chi connectivity index (χ3v) is 8.85. The number of anilines is 1. The van der Waals surface area contributed by atoms with Crippen LogP contribution in [0, 0.1) is 18.7 Å². The van der Waals surface area contributed by atoms with Crippen molar-refractivity contribution in [3.63, 3.8) is 0 Å². The predicted octanol–water partition coefficient (Wildman–Crippen LogP) is 6.30. The van der Waals surface area contributed by atoms with Gasteiger partial charge in [0.15, 0.2) is 0 Å². The molecule has 0 N–H and O–H groups in total. The first-order valence-corrected chi connectivity index (χ1v) is 14.5. The van der Waals surface area contributed by atoms with E-state index in [9.17, 15) is 45.1 Å². The Kier molecular flexibility index (Phi) is 9.74. The van der Waals surface area contributed by atoms with Gasteiger partial charge in [0.2, 0.25) is 11.8 Å². The molecule has 2 heterocycles. The lowest BCUT2D eigenvalue weighted by Gasteiger charge is -2.45. The quantitative estimate of drug-likeness (QED) is 0.367. The fourth-order valence-electron chi connectivity index (χ4n) is 6.28. The molecule has 2 aliphatic heterocycles. The lowest BCUT2D eigenvalue weighted by Crippen LogP contribution is -2.55. The maximum atomic E-state index is 14.0. The van der Waals surface area contributed by atoms with Crippen molar-refractivity contribution in [2.24, 2.45) is 5.92 Å². The van der Waals surface area contributed by atoms with E-state index in [1.807, 2.05) is 0 Å². The molecule has 2 aromatic rings. The van der Waals surface area contributed by atoms with Gasteiger partial charge in [-0.15, -0.1) is 0 Å². The van der Waals surface area contributed by atoms with Crippen molar-refractivity contribution < 1.29 is 45.1 Å². The Morgan fingerprint density at radius 1 is 0.822 bits per heavy atom. The van der Waals surface area contributed by atoms with Crippen LogP contribution in [-0.2, 0) is 21.9 Å². The highest BCUT2D eigenvalue weighted by atomic mass is 19.4. The zero-order valence-corrected chi connectivity index (χ0v) is 25.3. The van der Waals surface area contributed by atoms with Crippen LogP contribution in [-0.4, -0.2) is 78.9 Å². The number of nitrogens with zero attached hydrogens (tertiary/aromatic N) is 4. The summed E-state index contributed by atoms with van der Waals surface area (Å²) in [6, 6.07) is 3.63. The number of carbonyl (C=O) groups excluding carboxylic acids is 3. The van der Waals surface area contributed by atoms with E-state index in [1.165, 1.54) is 31.0 Å². The maximum Gasteiger partial charge on any atom is 0.416 e. The summed E-state index contributed by atoms with van der Waals surface area (Å²) in [6.45, 7) is 4.47. The molecular weight excluding hydrogens is 609 g/mol. The average Bonchev–Trinajstić information content (AvgIpc) is 2.98. The Labute approximate surface area is 256 Å². The highest BCUT2D eigenvalue weighted by Gasteiger charge is 2.41. The normalized spacial score (nSPS) is 19.8. The smallest absolute Gasteiger partial charge is 0.343 e. The Morgan fingerprint density at radius 3 is 1.89 bits per heavy atom. The minimum Gasteiger partial charge on any atom is -0.343 e. The molecule has 4 rings (SSSR count). The lowest BCUT2D eigenvalue weighted by atomic mass is 9.82. The molecular formula is C31H35F7N4O3. The number of likely N-dealkylation sites (tertiary alicyclic amines) is 2. The average molecular weight is 645 g/mol. The van der Waals surface area contributed by atoms with E-state index in [4.69, 9.17) is 0 Å². The van der Waals surface area contributed by atoms with Crippen LogP contribution in [0.3, 0.4) is 0 Å². The van der Waals surface area contributed by atoms with E-state index in [1.54, 1.807) is 22.8 Å². The molecule has 7 nitrogen and oxygen atoms in total. The summed E-state index contributed by atoms with van der Waals surface area (Å²) in [7, 11) is 2.50. The molecule has 0 radical (unpaired) electrons. The number of rotatable bonds is 4. The van der Waals surface area contributed by atoms with Gasteiger partial charge in [0.1, 0.15) is 5.82 Å². The molecule has 246 valence electrons. The monoisotopic (exact) mass is 644 g/mol. The third kappa shape index (κ3) is 7.52. The third-order valence-electron chi connectivity index (χ3n) is 8.85. The number of piperidine rings is 2. The fourth-order valence-corrected chi connectivity index (χ4v) is 6.28. The van der Waals surface area contributed by atoms with Crippen LogP contribution in [0.15, 0.2) is 36.4 Å². The number of hydrogen-bond acceptors (Lipinski definition) is 3. The summed E-state index contributed by atoms with van der Waals surface area (Å²) in [5.41, 5.74) is -2.46. The number of aryl methyl sites for hydroxylation is 1. The molecule has 2 fully saturated rings. The largest absolute Gasteiger partial charge is 0.416 e. The molecule has 2 saturated heterocycles. The van der Waals surface area contributed by atoms with E-state index < -0.39 is 53.0 Å². The van der Waals surface area contributed by atoms with Crippen LogP contribution in [0.4, 0.5) is 41.2 Å². The second-order valence-corrected chi connectivity index (χ2v) is 11.7. The Balaban J connectivity index is 1.61. The molecule has 14 heteroatoms. The number of halogens is 7. The number of urea groups is 1. The number of alkyl halides is 6. The topological polar surface area (TPSA) is 64.2 Å². The van der Waals surface area contributed by atoms with Crippen LogP contribution in [0.5, 0.6) is 0 Å². The van der Waals surface area contributed by atoms with Gasteiger partial charge in [0.25, 0.3) is 0 Å². The Bertz CT molecular complexity index is 1400. The minimum absolute atomic E-state index is 0.00441. The second-order valence-electron chi connectivity index (χ2n) is 11.7. The van der Waals surface area contributed by atoms with Gasteiger partial charge in [-0.05, 0) is 67.6 Å². The van der Waals surface area contributed by atoms with E-state index in [0.717, 1.165) is 11.9 Å². The lowest BCUT2D eigenvalue weighted by molar-refractivity contribution is -0.143. The molecule has 2 atom stereocenters. The highest BCUT2D eigenvalue weighted by Crippen LogP contribution is 2.39. The van der Waals surface area contributed by atoms with Crippen molar-refractivity contribution in [3.8, 4) is 0 Å². The van der Waals surface area contributed by atoms with Gasteiger partial charge >= 0.3 is 18.4 Å². The molecule has 45 heavy (non-hydrogen) atoms. The Morgan fingerprint density at radius 2 is 1.38 bits per heavy atom. The van der Waals surface area contributed by atoms with Gasteiger partial charge in [-0.25, -0.2) is 9.18 Å². The number of hydrogen-bond donors (Lipinski definition) is 0. The standard InChI is InChI=1S/C31H35F7N4O3/c1-18-13-23(32)5-6-25(18)26-17-42(28(44)20-7-10-41(11-8-20)19(2)43)12-9-27(26)40(4)29(45)39(3)24-15-21(30(33,34)35)14-22(16-24)31(36,37)38/h5-6,13-16,20,26-27H,7-12,17H2,1-4H3/t26-,27+/m0/s1. The number of benzene rings is 2. The van der Waals surface area contributed by atoms with E-state index >= 15 is 0 Å². The zero-order chi connectivity index (χ0) is 33.4. The summed E-state index contributed by atoms with van der Waals surface area (Å²) >= 11 is 0. The molecule has 2 aromatic carbocycles. The van der Waals surface area contributed by atoms with Gasteiger partial charge in [0.05, 0.1) is 11.1 Å². The molecule has 0 aromatic heterocycles. The van der Waals surface area contributed by atoms with Crippen molar-refractivity contribution >= 4 is 23.5 Å². The molecule has 4 amide bonds. The van der Waals surface area contributed by atoms with Crippen molar-refractivity contribution in [1.29, 1.82) is 0 Å². The molecule has 2 aliphatic rings. The van der Waals surface area contributed by atoms with Crippen molar-refractivity contribution in [3.05, 3.63) is 64.5 Å². The summed E-state index contributed by atoms with van der Waals surface area (Å²) in [6.07, 6.45) is -8.92. The van der Waals surface area contributed by atoms with Crippen molar-refractivity contribution in [2.75, 3.05) is 45.2 Å². The van der Waals surface area contributed by atoms with E-state index in [0.29, 0.717) is 49.2 Å². The van der Waals surface area contributed by atoms with E-state index in [-0.39, 0.29) is 43.3 Å². The summed E-state index contributed by atoms with van der Waals surface area (Å²) in [4.78, 5) is 44.3. The molecule has 0 bridgehead atoms. The highest BCUT2D eigenvalue weighted by molar-refractivity contribution is 5.92. The Hall–Kier alpha value is -3.84. The first-order chi connectivity index (χ1) is 20.9. The number of carbonyl (C=O) groups is 3. The van der Waals surface area contributed by atoms with Gasteiger partial charge in [-0.1, -0.05) is 6.07 Å². The second kappa shape index (κ2) is 12.9. The van der Waals surface area contributed by atoms with Crippen molar-refractivity contribution in [1.82, 2.24) is 14.7 Å². The summed E-state index contributed by atoms with van der Waals surface area (Å²) in [5, 5.41) is 0. The first kappa shape index (κ1) is 34.0. The molecule has 0 saturated carbocycles. The molecule has 0 aliphatic carbocycles. The number of likely N-dealkylation sites (N-methyl/N-ethyl adjacent to an activating group) is 1. The van der Waals surface area contributed by atoms with Crippen LogP contribution in [0.2, 0.25) is 0 Å². The van der Waals surface area contributed by atoms with Crippen LogP contribution < -0.4 is 4.90 Å².